The minimum absolute atomic E-state index is 0.155. The van der Waals surface area contributed by atoms with E-state index in [9.17, 15) is 52.7 Å². The molecule has 0 spiro atoms. The number of nitrogens with zero attached hydrogens (tertiary/aromatic N) is 1. The van der Waals surface area contributed by atoms with Crippen molar-refractivity contribution >= 4 is 17.1 Å². The Hall–Kier alpha value is -7.20. The summed E-state index contributed by atoms with van der Waals surface area (Å²) in [5.41, 5.74) is -21.6. The monoisotopic (exact) mass is 945 g/mol. The molecule has 0 aliphatic heterocycles. The first-order valence-electron chi connectivity index (χ1n) is 17.0. The minimum Gasteiger partial charge on any atom is -0.300 e. The second kappa shape index (κ2) is 16.4. The molecule has 7 rings (SSSR count). The van der Waals surface area contributed by atoms with E-state index in [1.54, 1.807) is 0 Å². The number of anilines is 3. The highest BCUT2D eigenvalue weighted by atomic mass is 19.2. The predicted molar refractivity (Wildman–Crippen MR) is 182 cm³/mol. The van der Waals surface area contributed by atoms with Gasteiger partial charge < -0.3 is 0 Å². The van der Waals surface area contributed by atoms with Crippen LogP contribution in [0.25, 0.3) is 44.5 Å². The third-order valence-electron chi connectivity index (χ3n) is 9.51. The summed E-state index contributed by atoms with van der Waals surface area (Å²) in [6.07, 6.45) is 0. The molecule has 0 aromatic heterocycles. The maximum Gasteiger partial charge on any atom is 0.200 e. The van der Waals surface area contributed by atoms with Gasteiger partial charge in [-0.1, -0.05) is 0 Å². The van der Waals surface area contributed by atoms with Crippen LogP contribution in [0, 0.1) is 128 Å². The first kappa shape index (κ1) is 45.8. The highest BCUT2D eigenvalue weighted by molar-refractivity contribution is 5.88. The maximum atomic E-state index is 16.5. The van der Waals surface area contributed by atoms with Crippen molar-refractivity contribution in [1.29, 1.82) is 0 Å². The van der Waals surface area contributed by atoms with Gasteiger partial charge in [-0.25, -0.2) is 96.6 Å². The summed E-state index contributed by atoms with van der Waals surface area (Å²) in [6.45, 7) is 0. The summed E-state index contributed by atoms with van der Waals surface area (Å²) in [7, 11) is 0. The van der Waals surface area contributed by atoms with Crippen molar-refractivity contribution < 1.29 is 96.6 Å². The molecule has 0 N–H and O–H groups in total. The topological polar surface area (TPSA) is 3.24 Å². The Kier molecular flexibility index (Phi) is 11.6. The summed E-state index contributed by atoms with van der Waals surface area (Å²) in [5.74, 6) is -61.9. The minimum atomic E-state index is -3.22. The van der Waals surface area contributed by atoms with Gasteiger partial charge in [-0.2, -0.15) is 0 Å². The first-order chi connectivity index (χ1) is 30.4. The molecule has 1 nitrogen and oxygen atoms in total. The molecule has 0 unspecified atom stereocenters. The lowest BCUT2D eigenvalue weighted by molar-refractivity contribution is 0.379. The molecular weight excluding hydrogens is 936 g/mol. The molecule has 336 valence electrons. The van der Waals surface area contributed by atoms with Gasteiger partial charge in [0, 0.05) is 28.9 Å². The van der Waals surface area contributed by atoms with Crippen LogP contribution in [0.15, 0.2) is 54.6 Å². The molecule has 0 saturated heterocycles. The van der Waals surface area contributed by atoms with Crippen LogP contribution in [-0.4, -0.2) is 0 Å². The molecule has 0 atom stereocenters. The molecule has 0 fully saturated rings. The van der Waals surface area contributed by atoms with Gasteiger partial charge in [0.05, 0.1) is 22.3 Å². The van der Waals surface area contributed by atoms with Crippen LogP contribution in [0.3, 0.4) is 0 Å². The van der Waals surface area contributed by atoms with E-state index in [1.807, 2.05) is 0 Å². The van der Waals surface area contributed by atoms with Gasteiger partial charge in [0.2, 0.25) is 11.6 Å². The van der Waals surface area contributed by atoms with Gasteiger partial charge in [0.25, 0.3) is 0 Å². The van der Waals surface area contributed by atoms with E-state index < -0.39 is 194 Å². The normalized spacial score (nSPS) is 11.5. The van der Waals surface area contributed by atoms with E-state index in [4.69, 9.17) is 0 Å². The Morgan fingerprint density at radius 3 is 0.754 bits per heavy atom. The molecular formula is C42H9F22N. The lowest BCUT2D eigenvalue weighted by atomic mass is 9.95. The number of halogens is 22. The number of rotatable bonds is 7. The van der Waals surface area contributed by atoms with E-state index in [0.29, 0.717) is 30.3 Å². The van der Waals surface area contributed by atoms with E-state index >= 15 is 43.9 Å². The van der Waals surface area contributed by atoms with Crippen molar-refractivity contribution in [3.8, 4) is 44.5 Å². The van der Waals surface area contributed by atoms with Crippen molar-refractivity contribution in [3.05, 3.63) is 183 Å². The fourth-order valence-electron chi connectivity index (χ4n) is 6.59. The Morgan fingerprint density at radius 1 is 0.246 bits per heavy atom. The zero-order chi connectivity index (χ0) is 48.0. The van der Waals surface area contributed by atoms with Crippen molar-refractivity contribution in [2.75, 3.05) is 4.90 Å². The van der Waals surface area contributed by atoms with Gasteiger partial charge in [-0.3, -0.25) is 4.90 Å². The quantitative estimate of drug-likeness (QED) is 0.0874. The molecule has 0 aliphatic rings. The van der Waals surface area contributed by atoms with Gasteiger partial charge >= 0.3 is 0 Å². The molecule has 0 radical (unpaired) electrons. The van der Waals surface area contributed by atoms with Gasteiger partial charge in [0.15, 0.2) is 93.1 Å². The molecule has 0 aliphatic carbocycles. The summed E-state index contributed by atoms with van der Waals surface area (Å²) >= 11 is 0. The van der Waals surface area contributed by atoms with Crippen molar-refractivity contribution in [1.82, 2.24) is 0 Å². The molecule has 0 saturated carbocycles. The smallest absolute Gasteiger partial charge is 0.200 e. The van der Waals surface area contributed by atoms with E-state index in [2.05, 4.69) is 0 Å². The van der Waals surface area contributed by atoms with Crippen LogP contribution in [0.2, 0.25) is 0 Å². The zero-order valence-corrected chi connectivity index (χ0v) is 30.5. The standard InChI is InChI=1S/C42H9F22N/c43-12-1-3-15(17(45)8-12)10-5-11(16-4-2-13(44)9-18(16)46)7-14(6-10)65(41-37(61)27(51)21(28(52)38(41)62)19-23(47)31(55)35(59)32(56)24(19)48)42-39(63)29(53)22(30(54)40(42)64)20-25(49)33(57)36(60)34(58)26(20)50/h1-9H. The van der Waals surface area contributed by atoms with E-state index in [-0.39, 0.29) is 24.3 Å². The maximum absolute atomic E-state index is 16.5. The van der Waals surface area contributed by atoms with Crippen LogP contribution in [0.4, 0.5) is 114 Å². The molecule has 65 heavy (non-hydrogen) atoms. The molecule has 7 aromatic rings. The van der Waals surface area contributed by atoms with E-state index in [1.165, 1.54) is 0 Å². The van der Waals surface area contributed by atoms with Gasteiger partial charge in [-0.05, 0) is 53.6 Å². The molecule has 7 aromatic carbocycles. The largest absolute Gasteiger partial charge is 0.300 e. The number of hydrogen-bond donors (Lipinski definition) is 0. The van der Waals surface area contributed by atoms with Crippen LogP contribution in [-0.2, 0) is 0 Å². The van der Waals surface area contributed by atoms with Gasteiger partial charge in [0.1, 0.15) is 34.6 Å². The first-order valence-corrected chi connectivity index (χ1v) is 17.0. The van der Waals surface area contributed by atoms with Crippen LogP contribution >= 0.6 is 0 Å². The second-order valence-corrected chi connectivity index (χ2v) is 13.2. The highest BCUT2D eigenvalue weighted by Gasteiger charge is 2.41. The predicted octanol–water partition coefficient (Wildman–Crippen LogP) is 14.9. The summed E-state index contributed by atoms with van der Waals surface area (Å²) < 4.78 is 332. The summed E-state index contributed by atoms with van der Waals surface area (Å²) in [4.78, 5) is -0.964. The zero-order valence-electron chi connectivity index (χ0n) is 30.5. The summed E-state index contributed by atoms with van der Waals surface area (Å²) in [5, 5.41) is 0. The SMILES string of the molecule is Fc1ccc(-c2cc(-c3ccc(F)cc3F)cc(N(c3c(F)c(F)c(-c4c(F)c(F)c(F)c(F)c4F)c(F)c3F)c3c(F)c(F)c(-c4c(F)c(F)c(F)c(F)c4F)c(F)c3F)c2)c(F)c1. The highest BCUT2D eigenvalue weighted by Crippen LogP contribution is 2.50. The third-order valence-corrected chi connectivity index (χ3v) is 9.51. The molecule has 0 bridgehead atoms. The molecule has 0 amide bonds. The Balaban J connectivity index is 1.67. The van der Waals surface area contributed by atoms with Crippen molar-refractivity contribution in [3.63, 3.8) is 0 Å². The fraction of sp³-hybridized carbons (Fsp3) is 0. The van der Waals surface area contributed by atoms with Crippen LogP contribution < -0.4 is 4.90 Å². The van der Waals surface area contributed by atoms with Crippen molar-refractivity contribution in [2.24, 2.45) is 0 Å². The average molecular weight is 945 g/mol. The lowest BCUT2D eigenvalue weighted by Gasteiger charge is -2.29. The Labute approximate surface area is 345 Å². The van der Waals surface area contributed by atoms with Crippen LogP contribution in [0.1, 0.15) is 0 Å². The average Bonchev–Trinajstić information content (AvgIpc) is 3.26. The Morgan fingerprint density at radius 2 is 0.492 bits per heavy atom. The second-order valence-electron chi connectivity index (χ2n) is 13.2. The lowest BCUT2D eigenvalue weighted by Crippen LogP contribution is -2.21. The molecule has 0 heterocycles. The summed E-state index contributed by atoms with van der Waals surface area (Å²) in [6, 6.07) is 3.62. The fourth-order valence-corrected chi connectivity index (χ4v) is 6.59. The van der Waals surface area contributed by atoms with Gasteiger partial charge in [-0.15, -0.1) is 0 Å². The Bertz CT molecular complexity index is 2880. The van der Waals surface area contributed by atoms with E-state index in [0.717, 1.165) is 0 Å². The third kappa shape index (κ3) is 7.12. The van der Waals surface area contributed by atoms with Crippen molar-refractivity contribution in [2.45, 2.75) is 0 Å². The number of benzene rings is 7. The van der Waals surface area contributed by atoms with Crippen LogP contribution in [0.5, 0.6) is 0 Å². The number of hydrogen-bond acceptors (Lipinski definition) is 1. The molecule has 23 heteroatoms.